The van der Waals surface area contributed by atoms with E-state index in [9.17, 15) is 0 Å². The van der Waals surface area contributed by atoms with E-state index in [1.807, 2.05) is 0 Å². The molecule has 21 heavy (non-hydrogen) atoms. The van der Waals surface area contributed by atoms with Crippen LogP contribution in [0.3, 0.4) is 0 Å². The van der Waals surface area contributed by atoms with Gasteiger partial charge >= 0.3 is 0 Å². The lowest BCUT2D eigenvalue weighted by molar-refractivity contribution is 0.332. The van der Waals surface area contributed by atoms with E-state index in [0.29, 0.717) is 11.5 Å². The van der Waals surface area contributed by atoms with Crippen LogP contribution in [-0.4, -0.2) is 11.5 Å². The number of pyridine rings is 1. The van der Waals surface area contributed by atoms with E-state index in [2.05, 4.69) is 70.3 Å². The highest BCUT2D eigenvalue weighted by molar-refractivity contribution is 5.82. The number of hydrogen-bond acceptors (Lipinski definition) is 2. The standard InChI is InChI=1S/C19H28N2/c1-6-20-17(11-12-19(3,4)5)18-13-14(2)15-9-7-8-10-16(15)21-18/h7-10,13,17,20H,6,11-12H2,1-5H3. The van der Waals surface area contributed by atoms with Crippen LogP contribution in [0.25, 0.3) is 10.9 Å². The van der Waals surface area contributed by atoms with Crippen molar-refractivity contribution in [3.63, 3.8) is 0 Å². The van der Waals surface area contributed by atoms with Crippen molar-refractivity contribution in [1.29, 1.82) is 0 Å². The first-order chi connectivity index (χ1) is 9.90. The van der Waals surface area contributed by atoms with Crippen LogP contribution in [0.1, 0.15) is 57.8 Å². The number of benzene rings is 1. The molecule has 1 unspecified atom stereocenters. The van der Waals surface area contributed by atoms with Crippen LogP contribution in [0.15, 0.2) is 30.3 Å². The summed E-state index contributed by atoms with van der Waals surface area (Å²) >= 11 is 0. The van der Waals surface area contributed by atoms with Gasteiger partial charge in [0.2, 0.25) is 0 Å². The maximum Gasteiger partial charge on any atom is 0.0708 e. The molecule has 1 heterocycles. The molecule has 0 spiro atoms. The lowest BCUT2D eigenvalue weighted by Crippen LogP contribution is -2.23. The van der Waals surface area contributed by atoms with Gasteiger partial charge in [-0.2, -0.15) is 0 Å². The molecule has 1 atom stereocenters. The van der Waals surface area contributed by atoms with Crippen molar-refractivity contribution in [3.05, 3.63) is 41.6 Å². The molecule has 0 aliphatic rings. The van der Waals surface area contributed by atoms with Gasteiger partial charge < -0.3 is 5.32 Å². The van der Waals surface area contributed by atoms with Crippen LogP contribution in [0.4, 0.5) is 0 Å². The zero-order valence-electron chi connectivity index (χ0n) is 14.0. The number of para-hydroxylation sites is 1. The Morgan fingerprint density at radius 2 is 1.90 bits per heavy atom. The van der Waals surface area contributed by atoms with Crippen LogP contribution in [0.2, 0.25) is 0 Å². The topological polar surface area (TPSA) is 24.9 Å². The van der Waals surface area contributed by atoms with E-state index in [-0.39, 0.29) is 0 Å². The van der Waals surface area contributed by atoms with Gasteiger partial charge in [0.25, 0.3) is 0 Å². The van der Waals surface area contributed by atoms with E-state index in [1.54, 1.807) is 0 Å². The molecule has 0 aliphatic carbocycles. The minimum Gasteiger partial charge on any atom is -0.309 e. The van der Waals surface area contributed by atoms with Gasteiger partial charge in [-0.15, -0.1) is 0 Å². The maximum absolute atomic E-state index is 4.89. The molecule has 0 aliphatic heterocycles. The van der Waals surface area contributed by atoms with E-state index >= 15 is 0 Å². The number of aryl methyl sites for hydroxylation is 1. The van der Waals surface area contributed by atoms with Gasteiger partial charge in [0.05, 0.1) is 11.2 Å². The van der Waals surface area contributed by atoms with Gasteiger partial charge in [0, 0.05) is 11.4 Å². The second-order valence-electron chi connectivity index (χ2n) is 7.09. The fraction of sp³-hybridized carbons (Fsp3) is 0.526. The van der Waals surface area contributed by atoms with Crippen LogP contribution >= 0.6 is 0 Å². The lowest BCUT2D eigenvalue weighted by atomic mass is 9.87. The summed E-state index contributed by atoms with van der Waals surface area (Å²) in [4.78, 5) is 4.89. The molecule has 2 heteroatoms. The molecular formula is C19H28N2. The molecule has 1 N–H and O–H groups in total. The van der Waals surface area contributed by atoms with E-state index < -0.39 is 0 Å². The monoisotopic (exact) mass is 284 g/mol. The second-order valence-corrected chi connectivity index (χ2v) is 7.09. The minimum atomic E-state index is 0.345. The first kappa shape index (κ1) is 16.0. The zero-order valence-corrected chi connectivity index (χ0v) is 14.0. The summed E-state index contributed by atoms with van der Waals surface area (Å²) in [6, 6.07) is 11.0. The van der Waals surface area contributed by atoms with Gasteiger partial charge in [-0.05, 0) is 49.4 Å². The molecule has 0 radical (unpaired) electrons. The van der Waals surface area contributed by atoms with Gasteiger partial charge in [-0.25, -0.2) is 0 Å². The van der Waals surface area contributed by atoms with E-state index in [4.69, 9.17) is 4.98 Å². The fourth-order valence-electron chi connectivity index (χ4n) is 2.73. The summed E-state index contributed by atoms with van der Waals surface area (Å²) in [6.45, 7) is 12.2. The van der Waals surface area contributed by atoms with Gasteiger partial charge in [-0.3, -0.25) is 4.98 Å². The Morgan fingerprint density at radius 1 is 1.19 bits per heavy atom. The predicted molar refractivity (Wildman–Crippen MR) is 91.6 cm³/mol. The van der Waals surface area contributed by atoms with Crippen molar-refractivity contribution >= 4 is 10.9 Å². The lowest BCUT2D eigenvalue weighted by Gasteiger charge is -2.24. The smallest absolute Gasteiger partial charge is 0.0708 e. The fourth-order valence-corrected chi connectivity index (χ4v) is 2.73. The first-order valence-corrected chi connectivity index (χ1v) is 8.00. The predicted octanol–water partition coefficient (Wildman–Crippen LogP) is 5.02. The van der Waals surface area contributed by atoms with Gasteiger partial charge in [0.1, 0.15) is 0 Å². The summed E-state index contributed by atoms with van der Waals surface area (Å²) in [5.74, 6) is 0. The van der Waals surface area contributed by atoms with Crippen LogP contribution < -0.4 is 5.32 Å². The molecule has 0 fully saturated rings. The summed E-state index contributed by atoms with van der Waals surface area (Å²) in [7, 11) is 0. The molecule has 1 aromatic heterocycles. The quantitative estimate of drug-likeness (QED) is 0.834. The molecule has 0 saturated heterocycles. The summed E-state index contributed by atoms with van der Waals surface area (Å²) in [5.41, 5.74) is 3.96. The normalized spacial score (nSPS) is 13.6. The highest BCUT2D eigenvalue weighted by atomic mass is 14.9. The van der Waals surface area contributed by atoms with Gasteiger partial charge in [0.15, 0.2) is 0 Å². The van der Waals surface area contributed by atoms with Crippen molar-refractivity contribution in [3.8, 4) is 0 Å². The van der Waals surface area contributed by atoms with Crippen molar-refractivity contribution in [1.82, 2.24) is 10.3 Å². The summed E-state index contributed by atoms with van der Waals surface area (Å²) in [5, 5.41) is 4.86. The minimum absolute atomic E-state index is 0.345. The van der Waals surface area contributed by atoms with E-state index in [0.717, 1.165) is 18.5 Å². The summed E-state index contributed by atoms with van der Waals surface area (Å²) in [6.07, 6.45) is 2.32. The number of fused-ring (bicyclic) bond motifs is 1. The van der Waals surface area contributed by atoms with Crippen molar-refractivity contribution in [2.75, 3.05) is 6.54 Å². The van der Waals surface area contributed by atoms with E-state index in [1.165, 1.54) is 23.1 Å². The van der Waals surface area contributed by atoms with Crippen LogP contribution in [-0.2, 0) is 0 Å². The molecule has 114 valence electrons. The Hall–Kier alpha value is -1.41. The number of hydrogen-bond donors (Lipinski definition) is 1. The largest absolute Gasteiger partial charge is 0.309 e. The second kappa shape index (κ2) is 6.57. The molecule has 1 aromatic carbocycles. The van der Waals surface area contributed by atoms with Crippen molar-refractivity contribution in [2.45, 2.75) is 53.5 Å². The average Bonchev–Trinajstić information content (AvgIpc) is 2.42. The third-order valence-electron chi connectivity index (χ3n) is 3.93. The van der Waals surface area contributed by atoms with Crippen LogP contribution in [0, 0.1) is 12.3 Å². The number of nitrogens with one attached hydrogen (secondary N) is 1. The molecule has 2 nitrogen and oxygen atoms in total. The SMILES string of the molecule is CCNC(CCC(C)(C)C)c1cc(C)c2ccccc2n1. The number of aromatic nitrogens is 1. The zero-order chi connectivity index (χ0) is 15.5. The Morgan fingerprint density at radius 3 is 2.57 bits per heavy atom. The molecular weight excluding hydrogens is 256 g/mol. The average molecular weight is 284 g/mol. The molecule has 2 aromatic rings. The third kappa shape index (κ3) is 4.28. The van der Waals surface area contributed by atoms with Crippen molar-refractivity contribution in [2.24, 2.45) is 5.41 Å². The summed E-state index contributed by atoms with van der Waals surface area (Å²) < 4.78 is 0. The molecule has 0 amide bonds. The maximum atomic E-state index is 4.89. The Kier molecular flexibility index (Phi) is 5.00. The molecule has 2 rings (SSSR count). The molecule has 0 bridgehead atoms. The van der Waals surface area contributed by atoms with Crippen LogP contribution in [0.5, 0.6) is 0 Å². The van der Waals surface area contributed by atoms with Crippen molar-refractivity contribution < 1.29 is 0 Å². The Bertz CT molecular complexity index is 596. The Labute approximate surface area is 129 Å². The first-order valence-electron chi connectivity index (χ1n) is 8.00. The number of rotatable bonds is 5. The highest BCUT2D eigenvalue weighted by Gasteiger charge is 2.18. The molecule has 0 saturated carbocycles. The van der Waals surface area contributed by atoms with Gasteiger partial charge in [-0.1, -0.05) is 45.9 Å². The highest BCUT2D eigenvalue weighted by Crippen LogP contribution is 2.28. The Balaban J connectivity index is 2.31. The number of nitrogens with zero attached hydrogens (tertiary/aromatic N) is 1. The third-order valence-corrected chi connectivity index (χ3v) is 3.93.